The molecule has 1 heterocycles. The Hall–Kier alpha value is -1.96. The molecule has 0 aliphatic rings. The van der Waals surface area contributed by atoms with Crippen molar-refractivity contribution in [3.63, 3.8) is 0 Å². The van der Waals surface area contributed by atoms with E-state index >= 15 is 0 Å². The van der Waals surface area contributed by atoms with Crippen molar-refractivity contribution in [1.82, 2.24) is 20.4 Å². The number of anilines is 2. The van der Waals surface area contributed by atoms with Gasteiger partial charge in [-0.1, -0.05) is 6.07 Å². The topological polar surface area (TPSA) is 89.0 Å². The van der Waals surface area contributed by atoms with E-state index in [4.69, 9.17) is 23.2 Å². The fraction of sp³-hybridized carbons (Fsp3) is 0.167. The predicted octanol–water partition coefficient (Wildman–Crippen LogP) is 2.52. The molecule has 0 saturated carbocycles. The molecular weight excluding hydrogens is 317 g/mol. The van der Waals surface area contributed by atoms with E-state index in [2.05, 4.69) is 30.6 Å². The molecule has 0 aliphatic carbocycles. The van der Waals surface area contributed by atoms with Crippen LogP contribution in [0, 0.1) is 6.92 Å². The second-order valence-electron chi connectivity index (χ2n) is 3.99. The van der Waals surface area contributed by atoms with Gasteiger partial charge in [0.25, 0.3) is 5.91 Å². The largest absolute Gasteiger partial charge is 0.324 e. The van der Waals surface area contributed by atoms with Crippen molar-refractivity contribution in [3.05, 3.63) is 39.9 Å². The number of aromatic nitrogens is 3. The number of nitrogens with zero attached hydrogens (tertiary/aromatic N) is 3. The van der Waals surface area contributed by atoms with Crippen LogP contribution in [0.25, 0.3) is 0 Å². The number of benzene rings is 1. The van der Waals surface area contributed by atoms with Crippen LogP contribution in [-0.4, -0.2) is 28.0 Å². The van der Waals surface area contributed by atoms with Crippen LogP contribution in [-0.2, 0) is 4.84 Å². The summed E-state index contributed by atoms with van der Waals surface area (Å²) in [7, 11) is 1.36. The van der Waals surface area contributed by atoms with Crippen LogP contribution >= 0.6 is 23.2 Å². The highest BCUT2D eigenvalue weighted by Crippen LogP contribution is 2.21. The maximum atomic E-state index is 11.7. The summed E-state index contributed by atoms with van der Waals surface area (Å²) in [4.78, 5) is 27.8. The summed E-state index contributed by atoms with van der Waals surface area (Å²) in [6.45, 7) is 1.87. The van der Waals surface area contributed by atoms with Crippen LogP contribution < -0.4 is 10.8 Å². The Labute approximate surface area is 130 Å². The minimum Gasteiger partial charge on any atom is -0.324 e. The van der Waals surface area contributed by atoms with Crippen molar-refractivity contribution in [1.29, 1.82) is 0 Å². The molecule has 1 aromatic heterocycles. The first-order valence-corrected chi connectivity index (χ1v) is 6.53. The number of hydrogen-bond donors (Lipinski definition) is 2. The van der Waals surface area contributed by atoms with Gasteiger partial charge in [-0.05, 0) is 47.8 Å². The zero-order valence-electron chi connectivity index (χ0n) is 11.1. The third-order valence-electron chi connectivity index (χ3n) is 2.52. The highest BCUT2D eigenvalue weighted by molar-refractivity contribution is 6.31. The van der Waals surface area contributed by atoms with Gasteiger partial charge in [0.05, 0.1) is 7.11 Å². The van der Waals surface area contributed by atoms with Gasteiger partial charge in [0.2, 0.25) is 16.5 Å². The molecule has 0 bridgehead atoms. The number of rotatable bonds is 4. The quantitative estimate of drug-likeness (QED) is 0.839. The first kappa shape index (κ1) is 15.4. The SMILES string of the molecule is CONC(=O)c1ccc(C)c(Nc2nc(Cl)nc(Cl)n2)c1. The summed E-state index contributed by atoms with van der Waals surface area (Å²) in [5.74, 6) is -0.181. The Balaban J connectivity index is 2.30. The van der Waals surface area contributed by atoms with Crippen LogP contribution in [0.5, 0.6) is 0 Å². The maximum Gasteiger partial charge on any atom is 0.274 e. The molecule has 7 nitrogen and oxygen atoms in total. The number of halogens is 2. The Morgan fingerprint density at radius 3 is 2.48 bits per heavy atom. The lowest BCUT2D eigenvalue weighted by Gasteiger charge is -2.10. The zero-order valence-corrected chi connectivity index (χ0v) is 12.7. The van der Waals surface area contributed by atoms with E-state index in [0.29, 0.717) is 11.3 Å². The summed E-state index contributed by atoms with van der Waals surface area (Å²) in [6.07, 6.45) is 0. The summed E-state index contributed by atoms with van der Waals surface area (Å²) < 4.78 is 0. The van der Waals surface area contributed by atoms with Crippen molar-refractivity contribution in [3.8, 4) is 0 Å². The van der Waals surface area contributed by atoms with Crippen LogP contribution in [0.3, 0.4) is 0 Å². The van der Waals surface area contributed by atoms with E-state index in [9.17, 15) is 4.79 Å². The number of carbonyl (C=O) groups is 1. The first-order chi connectivity index (χ1) is 9.99. The number of aryl methyl sites for hydroxylation is 1. The van der Waals surface area contributed by atoms with Gasteiger partial charge in [0, 0.05) is 11.3 Å². The van der Waals surface area contributed by atoms with Crippen molar-refractivity contribution < 1.29 is 9.63 Å². The molecule has 2 aromatic rings. The van der Waals surface area contributed by atoms with E-state index in [1.807, 2.05) is 6.92 Å². The van der Waals surface area contributed by atoms with Crippen LogP contribution in [0.4, 0.5) is 11.6 Å². The van der Waals surface area contributed by atoms with Gasteiger partial charge >= 0.3 is 0 Å². The molecule has 110 valence electrons. The lowest BCUT2D eigenvalue weighted by molar-refractivity contribution is 0.0537. The Kier molecular flexibility index (Phi) is 4.89. The summed E-state index contributed by atoms with van der Waals surface area (Å²) in [5, 5.41) is 2.89. The van der Waals surface area contributed by atoms with Crippen LogP contribution in [0.15, 0.2) is 18.2 Å². The molecule has 0 saturated heterocycles. The highest BCUT2D eigenvalue weighted by atomic mass is 35.5. The predicted molar refractivity (Wildman–Crippen MR) is 78.8 cm³/mol. The van der Waals surface area contributed by atoms with Crippen molar-refractivity contribution >= 4 is 40.7 Å². The maximum absolute atomic E-state index is 11.7. The van der Waals surface area contributed by atoms with E-state index in [0.717, 1.165) is 5.56 Å². The number of amides is 1. The second kappa shape index (κ2) is 6.66. The number of hydroxylamine groups is 1. The minimum atomic E-state index is -0.368. The third kappa shape index (κ3) is 4.01. The second-order valence-corrected chi connectivity index (χ2v) is 4.66. The summed E-state index contributed by atoms with van der Waals surface area (Å²) in [6, 6.07) is 5.08. The number of hydrogen-bond acceptors (Lipinski definition) is 6. The van der Waals surface area contributed by atoms with Gasteiger partial charge < -0.3 is 5.32 Å². The fourth-order valence-electron chi connectivity index (χ4n) is 1.55. The summed E-state index contributed by atoms with van der Waals surface area (Å²) in [5.41, 5.74) is 4.18. The molecule has 2 N–H and O–H groups in total. The molecule has 2 rings (SSSR count). The third-order valence-corrected chi connectivity index (χ3v) is 2.86. The smallest absolute Gasteiger partial charge is 0.274 e. The molecule has 0 aliphatic heterocycles. The summed E-state index contributed by atoms with van der Waals surface area (Å²) >= 11 is 11.4. The van der Waals surface area contributed by atoms with Crippen molar-refractivity contribution in [2.45, 2.75) is 6.92 Å². The van der Waals surface area contributed by atoms with Crippen LogP contribution in [0.1, 0.15) is 15.9 Å². The van der Waals surface area contributed by atoms with Crippen molar-refractivity contribution in [2.75, 3.05) is 12.4 Å². The van der Waals surface area contributed by atoms with E-state index < -0.39 is 0 Å². The van der Waals surface area contributed by atoms with Crippen molar-refractivity contribution in [2.24, 2.45) is 0 Å². The molecule has 9 heteroatoms. The fourth-order valence-corrected chi connectivity index (χ4v) is 1.92. The molecule has 1 amide bonds. The normalized spacial score (nSPS) is 10.3. The van der Waals surface area contributed by atoms with Gasteiger partial charge in [-0.3, -0.25) is 9.63 Å². The first-order valence-electron chi connectivity index (χ1n) is 5.77. The van der Waals surface area contributed by atoms with Gasteiger partial charge in [-0.15, -0.1) is 0 Å². The molecule has 0 spiro atoms. The van der Waals surface area contributed by atoms with Gasteiger partial charge in [0.1, 0.15) is 0 Å². The number of carbonyl (C=O) groups excluding carboxylic acids is 1. The number of nitrogens with one attached hydrogen (secondary N) is 2. The Bertz CT molecular complexity index is 660. The minimum absolute atomic E-state index is 0.0246. The molecule has 1 aromatic carbocycles. The molecule has 0 unspecified atom stereocenters. The van der Waals surface area contributed by atoms with E-state index in [1.165, 1.54) is 7.11 Å². The Morgan fingerprint density at radius 2 is 1.86 bits per heavy atom. The molecule has 21 heavy (non-hydrogen) atoms. The van der Waals surface area contributed by atoms with Gasteiger partial charge in [-0.2, -0.15) is 15.0 Å². The average molecular weight is 328 g/mol. The Morgan fingerprint density at radius 1 is 1.19 bits per heavy atom. The highest BCUT2D eigenvalue weighted by Gasteiger charge is 2.10. The lowest BCUT2D eigenvalue weighted by atomic mass is 10.1. The van der Waals surface area contributed by atoms with Gasteiger partial charge in [0.15, 0.2) is 0 Å². The molecular formula is C12H11Cl2N5O2. The molecule has 0 fully saturated rings. The van der Waals surface area contributed by atoms with E-state index in [-0.39, 0.29) is 22.4 Å². The zero-order chi connectivity index (χ0) is 15.4. The lowest BCUT2D eigenvalue weighted by Crippen LogP contribution is -2.21. The molecule has 0 radical (unpaired) electrons. The average Bonchev–Trinajstić information content (AvgIpc) is 2.40. The van der Waals surface area contributed by atoms with Gasteiger partial charge in [-0.25, -0.2) is 5.48 Å². The van der Waals surface area contributed by atoms with Crippen LogP contribution in [0.2, 0.25) is 10.6 Å². The molecule has 0 atom stereocenters. The monoisotopic (exact) mass is 327 g/mol. The standard InChI is InChI=1S/C12H11Cl2N5O2/c1-6-3-4-7(9(20)19-21-2)5-8(6)15-12-17-10(13)16-11(14)18-12/h3-5H,1-2H3,(H,19,20)(H,15,16,17,18). The van der Waals surface area contributed by atoms with E-state index in [1.54, 1.807) is 18.2 Å².